The SMILES string of the molecule is CCCCC(C)NS(=O)(=O)c1ccc(F)c(CN)c1. The zero-order valence-corrected chi connectivity index (χ0v) is 12.1. The molecule has 0 saturated carbocycles. The number of sulfonamides is 1. The molecular weight excluding hydrogens is 267 g/mol. The first-order chi connectivity index (χ1) is 8.90. The molecule has 4 nitrogen and oxygen atoms in total. The van der Waals surface area contributed by atoms with Crippen molar-refractivity contribution in [1.29, 1.82) is 0 Å². The maximum Gasteiger partial charge on any atom is 0.240 e. The van der Waals surface area contributed by atoms with Crippen LogP contribution in [0.15, 0.2) is 23.1 Å². The van der Waals surface area contributed by atoms with Gasteiger partial charge in [-0.15, -0.1) is 0 Å². The van der Waals surface area contributed by atoms with E-state index in [0.717, 1.165) is 25.3 Å². The molecule has 0 amide bonds. The lowest BCUT2D eigenvalue weighted by molar-refractivity contribution is 0.533. The highest BCUT2D eigenvalue weighted by Crippen LogP contribution is 2.15. The first-order valence-corrected chi connectivity index (χ1v) is 7.89. The summed E-state index contributed by atoms with van der Waals surface area (Å²) in [6.07, 6.45) is 2.75. The lowest BCUT2D eigenvalue weighted by Crippen LogP contribution is -2.32. The highest BCUT2D eigenvalue weighted by atomic mass is 32.2. The Balaban J connectivity index is 2.88. The molecule has 0 spiro atoms. The van der Waals surface area contributed by atoms with E-state index < -0.39 is 15.8 Å². The van der Waals surface area contributed by atoms with Crippen LogP contribution in [0, 0.1) is 5.82 Å². The molecule has 0 aliphatic carbocycles. The van der Waals surface area contributed by atoms with E-state index in [1.807, 2.05) is 6.92 Å². The minimum Gasteiger partial charge on any atom is -0.326 e. The molecule has 0 heterocycles. The van der Waals surface area contributed by atoms with Gasteiger partial charge in [0.2, 0.25) is 10.0 Å². The van der Waals surface area contributed by atoms with Gasteiger partial charge in [-0.3, -0.25) is 0 Å². The average molecular weight is 288 g/mol. The van der Waals surface area contributed by atoms with Crippen LogP contribution in [0.4, 0.5) is 4.39 Å². The Morgan fingerprint density at radius 2 is 2.11 bits per heavy atom. The van der Waals surface area contributed by atoms with Crippen molar-refractivity contribution in [2.75, 3.05) is 0 Å². The Morgan fingerprint density at radius 3 is 2.68 bits per heavy atom. The second-order valence-electron chi connectivity index (χ2n) is 4.62. The minimum absolute atomic E-state index is 0.0272. The van der Waals surface area contributed by atoms with Crippen LogP contribution in [0.2, 0.25) is 0 Å². The van der Waals surface area contributed by atoms with Crippen LogP contribution in [0.25, 0.3) is 0 Å². The van der Waals surface area contributed by atoms with Gasteiger partial charge in [0.1, 0.15) is 5.82 Å². The van der Waals surface area contributed by atoms with Crippen molar-refractivity contribution >= 4 is 10.0 Å². The molecule has 0 aliphatic heterocycles. The largest absolute Gasteiger partial charge is 0.326 e. The van der Waals surface area contributed by atoms with E-state index in [4.69, 9.17) is 5.73 Å². The van der Waals surface area contributed by atoms with Gasteiger partial charge in [0.25, 0.3) is 0 Å². The van der Waals surface area contributed by atoms with E-state index in [1.54, 1.807) is 0 Å². The molecule has 1 atom stereocenters. The lowest BCUT2D eigenvalue weighted by Gasteiger charge is -2.14. The second kappa shape index (κ2) is 6.98. The number of unbranched alkanes of at least 4 members (excludes halogenated alkanes) is 1. The summed E-state index contributed by atoms with van der Waals surface area (Å²) in [5, 5.41) is 0. The number of nitrogens with two attached hydrogens (primary N) is 1. The van der Waals surface area contributed by atoms with Crippen molar-refractivity contribution < 1.29 is 12.8 Å². The molecule has 1 aromatic carbocycles. The number of hydrogen-bond acceptors (Lipinski definition) is 3. The molecular formula is C13H21FN2O2S. The fraction of sp³-hybridized carbons (Fsp3) is 0.538. The third kappa shape index (κ3) is 4.56. The normalized spacial score (nSPS) is 13.5. The maximum absolute atomic E-state index is 13.3. The van der Waals surface area contributed by atoms with E-state index in [9.17, 15) is 12.8 Å². The van der Waals surface area contributed by atoms with Gasteiger partial charge in [0.05, 0.1) is 4.90 Å². The van der Waals surface area contributed by atoms with Crippen LogP contribution in [-0.4, -0.2) is 14.5 Å². The summed E-state index contributed by atoms with van der Waals surface area (Å²) >= 11 is 0. The molecule has 0 radical (unpaired) electrons. The highest BCUT2D eigenvalue weighted by Gasteiger charge is 2.18. The monoisotopic (exact) mass is 288 g/mol. The van der Waals surface area contributed by atoms with Crippen molar-refractivity contribution in [2.45, 2.75) is 50.6 Å². The van der Waals surface area contributed by atoms with Crippen LogP contribution < -0.4 is 10.5 Å². The molecule has 0 aliphatic rings. The van der Waals surface area contributed by atoms with Crippen molar-refractivity contribution in [3.8, 4) is 0 Å². The Bertz CT molecular complexity index is 517. The Hall–Kier alpha value is -0.980. The number of nitrogens with one attached hydrogen (secondary N) is 1. The quantitative estimate of drug-likeness (QED) is 0.807. The Kier molecular flexibility index (Phi) is 5.90. The summed E-state index contributed by atoms with van der Waals surface area (Å²) in [5.74, 6) is -0.486. The predicted octanol–water partition coefficient (Wildman–Crippen LogP) is 2.14. The fourth-order valence-electron chi connectivity index (χ4n) is 1.78. The lowest BCUT2D eigenvalue weighted by atomic mass is 10.2. The van der Waals surface area contributed by atoms with E-state index in [1.165, 1.54) is 12.1 Å². The fourth-order valence-corrected chi connectivity index (χ4v) is 3.11. The van der Waals surface area contributed by atoms with Gasteiger partial charge in [-0.05, 0) is 31.5 Å². The Labute approximate surface area is 114 Å². The van der Waals surface area contributed by atoms with Crippen molar-refractivity contribution in [2.24, 2.45) is 5.73 Å². The summed E-state index contributed by atoms with van der Waals surface area (Å²) in [4.78, 5) is 0.0534. The molecule has 3 N–H and O–H groups in total. The van der Waals surface area contributed by atoms with Gasteiger partial charge < -0.3 is 5.73 Å². The zero-order chi connectivity index (χ0) is 14.5. The van der Waals surface area contributed by atoms with Gasteiger partial charge in [-0.25, -0.2) is 17.5 Å². The van der Waals surface area contributed by atoms with Crippen LogP contribution in [0.1, 0.15) is 38.7 Å². The van der Waals surface area contributed by atoms with Gasteiger partial charge in [-0.1, -0.05) is 19.8 Å². The molecule has 0 bridgehead atoms. The van der Waals surface area contributed by atoms with Gasteiger partial charge >= 0.3 is 0 Å². The molecule has 0 saturated heterocycles. The third-order valence-electron chi connectivity index (χ3n) is 2.89. The van der Waals surface area contributed by atoms with Crippen LogP contribution in [0.5, 0.6) is 0 Å². The highest BCUT2D eigenvalue weighted by molar-refractivity contribution is 7.89. The summed E-state index contributed by atoms with van der Waals surface area (Å²) in [6, 6.07) is 3.53. The minimum atomic E-state index is -3.61. The molecule has 1 unspecified atom stereocenters. The van der Waals surface area contributed by atoms with Gasteiger partial charge in [-0.2, -0.15) is 0 Å². The molecule has 108 valence electrons. The van der Waals surface area contributed by atoms with E-state index in [2.05, 4.69) is 11.6 Å². The third-order valence-corrected chi connectivity index (χ3v) is 4.48. The molecule has 1 rings (SSSR count). The van der Waals surface area contributed by atoms with E-state index in [-0.39, 0.29) is 23.0 Å². The maximum atomic E-state index is 13.3. The summed E-state index contributed by atoms with van der Waals surface area (Å²) in [6.45, 7) is 3.84. The van der Waals surface area contributed by atoms with Crippen LogP contribution >= 0.6 is 0 Å². The molecule has 6 heteroatoms. The van der Waals surface area contributed by atoms with Crippen molar-refractivity contribution in [1.82, 2.24) is 4.72 Å². The first-order valence-electron chi connectivity index (χ1n) is 6.41. The standard InChI is InChI=1S/C13H21FN2O2S/c1-3-4-5-10(2)16-19(17,18)12-6-7-13(14)11(8-12)9-15/h6-8,10,16H,3-5,9,15H2,1-2H3. The van der Waals surface area contributed by atoms with Crippen LogP contribution in [0.3, 0.4) is 0 Å². The second-order valence-corrected chi connectivity index (χ2v) is 6.34. The van der Waals surface area contributed by atoms with Crippen molar-refractivity contribution in [3.63, 3.8) is 0 Å². The topological polar surface area (TPSA) is 72.2 Å². The Morgan fingerprint density at radius 1 is 1.42 bits per heavy atom. The van der Waals surface area contributed by atoms with Crippen LogP contribution in [-0.2, 0) is 16.6 Å². The average Bonchev–Trinajstić information content (AvgIpc) is 2.36. The summed E-state index contributed by atoms with van der Waals surface area (Å²) in [7, 11) is -3.61. The van der Waals surface area contributed by atoms with Gasteiger partial charge in [0, 0.05) is 18.2 Å². The summed E-state index contributed by atoms with van der Waals surface area (Å²) < 4.78 is 40.1. The molecule has 0 aromatic heterocycles. The van der Waals surface area contributed by atoms with Crippen molar-refractivity contribution in [3.05, 3.63) is 29.6 Å². The number of benzene rings is 1. The predicted molar refractivity (Wildman–Crippen MR) is 73.6 cm³/mol. The molecule has 1 aromatic rings. The van der Waals surface area contributed by atoms with E-state index in [0.29, 0.717) is 0 Å². The molecule has 0 fully saturated rings. The smallest absolute Gasteiger partial charge is 0.240 e. The summed E-state index contributed by atoms with van der Waals surface area (Å²) in [5.41, 5.74) is 5.57. The number of halogens is 1. The zero-order valence-electron chi connectivity index (χ0n) is 11.3. The first kappa shape index (κ1) is 16.1. The van der Waals surface area contributed by atoms with E-state index >= 15 is 0 Å². The van der Waals surface area contributed by atoms with Gasteiger partial charge in [0.15, 0.2) is 0 Å². The number of rotatable bonds is 7. The molecule has 19 heavy (non-hydrogen) atoms. The number of hydrogen-bond donors (Lipinski definition) is 2.